The van der Waals surface area contributed by atoms with Gasteiger partial charge in [0.15, 0.2) is 0 Å². The molecule has 32 heavy (non-hydrogen) atoms. The zero-order chi connectivity index (χ0) is 22.9. The van der Waals surface area contributed by atoms with E-state index in [9.17, 15) is 14.4 Å². The molecule has 2 N–H and O–H groups in total. The second-order valence-corrected chi connectivity index (χ2v) is 8.02. The van der Waals surface area contributed by atoms with Crippen molar-refractivity contribution in [3.8, 4) is 5.75 Å². The lowest BCUT2D eigenvalue weighted by Crippen LogP contribution is -2.34. The van der Waals surface area contributed by atoms with E-state index in [1.807, 2.05) is 12.1 Å². The smallest absolute Gasteiger partial charge is 0.344 e. The summed E-state index contributed by atoms with van der Waals surface area (Å²) in [6, 6.07) is 20.1. The molecular weight excluding hydrogens is 545 g/mol. The van der Waals surface area contributed by atoms with E-state index in [0.717, 1.165) is 3.57 Å². The van der Waals surface area contributed by atoms with Crippen molar-refractivity contribution in [2.24, 2.45) is 5.10 Å². The second-order valence-electron chi connectivity index (χ2n) is 6.42. The normalized spacial score (nSPS) is 10.6. The highest BCUT2D eigenvalue weighted by atomic mass is 127. The summed E-state index contributed by atoms with van der Waals surface area (Å²) in [6.45, 7) is -0.230. The number of carbonyl (C=O) groups is 3. The summed E-state index contributed by atoms with van der Waals surface area (Å²) >= 11 is 7.86. The maximum absolute atomic E-state index is 12.2. The Morgan fingerprint density at radius 1 is 0.969 bits per heavy atom. The molecule has 3 rings (SSSR count). The number of amides is 2. The van der Waals surface area contributed by atoms with Crippen molar-refractivity contribution in [3.05, 3.63) is 98.1 Å². The molecular formula is C23H17ClIN3O4. The number of benzene rings is 3. The predicted octanol–water partition coefficient (Wildman–Crippen LogP) is 4.04. The lowest BCUT2D eigenvalue weighted by molar-refractivity contribution is -0.120. The van der Waals surface area contributed by atoms with Gasteiger partial charge in [-0.15, -0.1) is 0 Å². The maximum Gasteiger partial charge on any atom is 0.344 e. The van der Waals surface area contributed by atoms with Crippen LogP contribution < -0.4 is 15.5 Å². The van der Waals surface area contributed by atoms with Gasteiger partial charge in [0.2, 0.25) is 0 Å². The number of hydrazone groups is 1. The molecule has 0 heterocycles. The minimum absolute atomic E-state index is 0.230. The molecule has 0 spiro atoms. The molecule has 0 radical (unpaired) electrons. The van der Waals surface area contributed by atoms with Crippen LogP contribution in [-0.2, 0) is 4.79 Å². The van der Waals surface area contributed by atoms with Crippen molar-refractivity contribution in [2.45, 2.75) is 0 Å². The lowest BCUT2D eigenvalue weighted by Gasteiger charge is -2.06. The van der Waals surface area contributed by atoms with Crippen molar-refractivity contribution < 1.29 is 19.1 Å². The number of rotatable bonds is 7. The predicted molar refractivity (Wildman–Crippen MR) is 130 cm³/mol. The van der Waals surface area contributed by atoms with Crippen LogP contribution in [0.5, 0.6) is 5.75 Å². The number of nitrogens with one attached hydrogen (secondary N) is 2. The number of carbonyl (C=O) groups excluding carboxylic acids is 3. The Hall–Kier alpha value is -3.24. The van der Waals surface area contributed by atoms with Gasteiger partial charge in [0.1, 0.15) is 5.75 Å². The summed E-state index contributed by atoms with van der Waals surface area (Å²) in [5.41, 5.74) is 3.90. The third-order valence-electron chi connectivity index (χ3n) is 4.10. The molecule has 3 aromatic rings. The van der Waals surface area contributed by atoms with Crippen molar-refractivity contribution in [3.63, 3.8) is 0 Å². The van der Waals surface area contributed by atoms with E-state index >= 15 is 0 Å². The van der Waals surface area contributed by atoms with E-state index < -0.39 is 17.8 Å². The molecule has 9 heteroatoms. The first-order valence-corrected chi connectivity index (χ1v) is 10.8. The number of halogens is 2. The second kappa shape index (κ2) is 11.4. The monoisotopic (exact) mass is 561 g/mol. The Morgan fingerprint density at radius 2 is 1.66 bits per heavy atom. The SMILES string of the molecule is O=C(CNC(=O)c1ccc(Cl)cc1)N/N=C/c1ccc(OC(=O)c2ccccc2I)cc1. The number of nitrogens with zero attached hydrogens (tertiary/aromatic N) is 1. The maximum atomic E-state index is 12.2. The van der Waals surface area contributed by atoms with Crippen LogP contribution in [0.3, 0.4) is 0 Å². The van der Waals surface area contributed by atoms with E-state index in [2.05, 4.69) is 38.4 Å². The fourth-order valence-electron chi connectivity index (χ4n) is 2.49. The zero-order valence-electron chi connectivity index (χ0n) is 16.5. The Morgan fingerprint density at radius 3 is 2.34 bits per heavy atom. The number of hydrogen-bond donors (Lipinski definition) is 2. The standard InChI is InChI=1S/C23H17ClIN3O4/c24-17-9-7-16(8-10-17)22(30)26-14-21(29)28-27-13-15-5-11-18(12-6-15)32-23(31)19-3-1-2-4-20(19)25/h1-13H,14H2,(H,26,30)(H,28,29)/b27-13+. The minimum Gasteiger partial charge on any atom is -0.423 e. The Balaban J connectivity index is 1.45. The summed E-state index contributed by atoms with van der Waals surface area (Å²) in [4.78, 5) is 36.1. The highest BCUT2D eigenvalue weighted by Gasteiger charge is 2.11. The van der Waals surface area contributed by atoms with Crippen LogP contribution in [0.25, 0.3) is 0 Å². The van der Waals surface area contributed by atoms with Gasteiger partial charge in [-0.1, -0.05) is 23.7 Å². The summed E-state index contributed by atoms with van der Waals surface area (Å²) in [7, 11) is 0. The molecule has 0 aliphatic carbocycles. The number of hydrogen-bond acceptors (Lipinski definition) is 5. The van der Waals surface area contributed by atoms with Crippen molar-refractivity contribution in [1.29, 1.82) is 0 Å². The third kappa shape index (κ3) is 6.89. The van der Waals surface area contributed by atoms with Crippen LogP contribution in [0.15, 0.2) is 77.9 Å². The van der Waals surface area contributed by atoms with Crippen molar-refractivity contribution in [1.82, 2.24) is 10.7 Å². The van der Waals surface area contributed by atoms with Crippen molar-refractivity contribution in [2.75, 3.05) is 6.54 Å². The van der Waals surface area contributed by atoms with Crippen LogP contribution in [-0.4, -0.2) is 30.5 Å². The Labute approximate surface area is 202 Å². The molecule has 0 aliphatic heterocycles. The van der Waals surface area contributed by atoms with E-state index in [4.69, 9.17) is 16.3 Å². The van der Waals surface area contributed by atoms with Crippen LogP contribution in [0.4, 0.5) is 0 Å². The van der Waals surface area contributed by atoms with E-state index in [-0.39, 0.29) is 6.54 Å². The van der Waals surface area contributed by atoms with Gasteiger partial charge in [-0.2, -0.15) is 5.10 Å². The summed E-state index contributed by atoms with van der Waals surface area (Å²) in [6.07, 6.45) is 1.44. The third-order valence-corrected chi connectivity index (χ3v) is 5.30. The molecule has 0 unspecified atom stereocenters. The largest absolute Gasteiger partial charge is 0.423 e. The Bertz CT molecular complexity index is 1150. The molecule has 0 fully saturated rings. The summed E-state index contributed by atoms with van der Waals surface area (Å²) < 4.78 is 6.18. The highest BCUT2D eigenvalue weighted by Crippen LogP contribution is 2.17. The van der Waals surface area contributed by atoms with Gasteiger partial charge in [-0.05, 0) is 88.8 Å². The first kappa shape index (κ1) is 23.4. The summed E-state index contributed by atoms with van der Waals surface area (Å²) in [5.74, 6) is -0.923. The van der Waals surface area contributed by atoms with Gasteiger partial charge in [-0.25, -0.2) is 10.2 Å². The zero-order valence-corrected chi connectivity index (χ0v) is 19.5. The van der Waals surface area contributed by atoms with Gasteiger partial charge < -0.3 is 10.1 Å². The van der Waals surface area contributed by atoms with Gasteiger partial charge in [0, 0.05) is 14.2 Å². The topological polar surface area (TPSA) is 96.9 Å². The van der Waals surface area contributed by atoms with Gasteiger partial charge in [0.05, 0.1) is 18.3 Å². The molecule has 0 saturated heterocycles. The number of ether oxygens (including phenoxy) is 1. The molecule has 0 aliphatic rings. The van der Waals surface area contributed by atoms with E-state index in [1.165, 1.54) is 6.21 Å². The first-order chi connectivity index (χ1) is 15.4. The van der Waals surface area contributed by atoms with E-state index in [1.54, 1.807) is 60.7 Å². The van der Waals surface area contributed by atoms with Crippen molar-refractivity contribution >= 4 is 58.2 Å². The fraction of sp³-hybridized carbons (Fsp3) is 0.0435. The molecule has 7 nitrogen and oxygen atoms in total. The van der Waals surface area contributed by atoms with Crippen LogP contribution in [0, 0.1) is 3.57 Å². The molecule has 162 valence electrons. The van der Waals surface area contributed by atoms with Crippen LogP contribution in [0.2, 0.25) is 5.02 Å². The lowest BCUT2D eigenvalue weighted by atomic mass is 10.2. The highest BCUT2D eigenvalue weighted by molar-refractivity contribution is 14.1. The fourth-order valence-corrected chi connectivity index (χ4v) is 3.23. The van der Waals surface area contributed by atoms with Gasteiger partial charge in [0.25, 0.3) is 11.8 Å². The average Bonchev–Trinajstić information content (AvgIpc) is 2.79. The van der Waals surface area contributed by atoms with Crippen LogP contribution in [0.1, 0.15) is 26.3 Å². The quantitative estimate of drug-likeness (QED) is 0.150. The van der Waals surface area contributed by atoms with Gasteiger partial charge in [-0.3, -0.25) is 9.59 Å². The van der Waals surface area contributed by atoms with Crippen LogP contribution >= 0.6 is 34.2 Å². The first-order valence-electron chi connectivity index (χ1n) is 9.35. The summed E-state index contributed by atoms with van der Waals surface area (Å²) in [5, 5.41) is 6.86. The molecule has 0 saturated carbocycles. The average molecular weight is 562 g/mol. The Kier molecular flexibility index (Phi) is 8.34. The van der Waals surface area contributed by atoms with E-state index in [0.29, 0.717) is 27.5 Å². The molecule has 3 aromatic carbocycles. The minimum atomic E-state index is -0.480. The van der Waals surface area contributed by atoms with Gasteiger partial charge >= 0.3 is 5.97 Å². The molecule has 2 amide bonds. The molecule has 0 aromatic heterocycles. The molecule has 0 bridgehead atoms. The molecule has 0 atom stereocenters. The number of esters is 1.